The number of fused-ring (bicyclic) bond motifs is 2. The van der Waals surface area contributed by atoms with E-state index in [0.29, 0.717) is 47.5 Å². The molecular formula is C44H42N4O4+2. The average molecular weight is 691 g/mol. The van der Waals surface area contributed by atoms with Gasteiger partial charge in [-0.2, -0.15) is 0 Å². The van der Waals surface area contributed by atoms with Crippen LogP contribution in [0.15, 0.2) is 92.0 Å². The van der Waals surface area contributed by atoms with Gasteiger partial charge in [-0.15, -0.1) is 0 Å². The quantitative estimate of drug-likeness (QED) is 0.136. The number of quaternary nitrogens is 2. The first-order valence-corrected chi connectivity index (χ1v) is 18.1. The largest absolute Gasteiger partial charge is 0.331 e. The minimum absolute atomic E-state index is 0.253. The molecule has 2 aromatic heterocycles. The highest BCUT2D eigenvalue weighted by Gasteiger charge is 2.25. The second-order valence-electron chi connectivity index (χ2n) is 16.7. The van der Waals surface area contributed by atoms with Crippen molar-refractivity contribution in [2.24, 2.45) is 0 Å². The molecule has 52 heavy (non-hydrogen) atoms. The van der Waals surface area contributed by atoms with Crippen molar-refractivity contribution >= 4 is 86.2 Å². The molecule has 8 nitrogen and oxygen atoms in total. The van der Waals surface area contributed by atoms with Crippen LogP contribution in [-0.2, 0) is 13.1 Å². The molecule has 0 fully saturated rings. The maximum atomic E-state index is 14.0. The highest BCUT2D eigenvalue weighted by atomic mass is 16.2. The molecule has 12 rings (SSSR count). The lowest BCUT2D eigenvalue weighted by molar-refractivity contribution is -0.870. The van der Waals surface area contributed by atoms with Crippen molar-refractivity contribution < 1.29 is 8.97 Å². The summed E-state index contributed by atoms with van der Waals surface area (Å²) in [5.41, 5.74) is -1.01. The number of hydrogen-bond donors (Lipinski definition) is 0. The Kier molecular flexibility index (Phi) is 6.89. The molecule has 0 aliphatic rings. The van der Waals surface area contributed by atoms with E-state index in [1.54, 1.807) is 0 Å². The lowest BCUT2D eigenvalue weighted by atomic mass is 9.82. The fourth-order valence-corrected chi connectivity index (χ4v) is 8.81. The molecule has 12 aromatic rings. The number of hydrogen-bond acceptors (Lipinski definition) is 4. The SMILES string of the molecule is C[N+](C)(C)CCCn1c(=O)c2cc3c(cc2c1=O)c1c2ccccc2c3c2c3ccccc3c1c1cc3c(=O)n(CCC[N+](C)(C)C)c(=O)c3cc12. The second kappa shape index (κ2) is 11.0. The molecule has 0 unspecified atom stereocenters. The van der Waals surface area contributed by atoms with Crippen molar-refractivity contribution in [2.45, 2.75) is 25.9 Å². The van der Waals surface area contributed by atoms with E-state index < -0.39 is 0 Å². The van der Waals surface area contributed by atoms with Crippen molar-refractivity contribution in [1.82, 2.24) is 9.13 Å². The Balaban J connectivity index is 1.45. The van der Waals surface area contributed by atoms with Gasteiger partial charge in [0.1, 0.15) is 0 Å². The standard InChI is InChI=1S/C44H42N4O4/c1-47(2,3)19-11-17-45-41(49)33-21-29-30(22-34(33)42(45)50)38-26-14-8-7-13-25(26)37(29)39-27-15-9-10-16-28(27)40(38)32-24-36-35(23-31(32)39)43(51)46(44(36)52)18-12-20-48(4,5)6/h7-10,13-16,21-24H,11-12,17-20H2,1-6H3/q+2. The zero-order valence-corrected chi connectivity index (χ0v) is 30.6. The van der Waals surface area contributed by atoms with Crippen molar-refractivity contribution in [3.05, 3.63) is 114 Å². The monoisotopic (exact) mass is 690 g/mol. The summed E-state index contributed by atoms with van der Waals surface area (Å²) < 4.78 is 4.31. The van der Waals surface area contributed by atoms with Crippen LogP contribution in [0, 0.1) is 0 Å². The summed E-state index contributed by atoms with van der Waals surface area (Å²) in [5, 5.41) is 13.3. The van der Waals surface area contributed by atoms with E-state index in [1.807, 2.05) is 48.5 Å². The third-order valence-corrected chi connectivity index (χ3v) is 11.1. The van der Waals surface area contributed by atoms with Crippen LogP contribution in [-0.4, -0.2) is 73.5 Å². The Bertz CT molecular complexity index is 2780. The first kappa shape index (κ1) is 32.5. The average Bonchev–Trinajstić information content (AvgIpc) is 3.45. The van der Waals surface area contributed by atoms with E-state index in [-0.39, 0.29) is 22.2 Å². The molecule has 0 saturated carbocycles. The molecule has 0 saturated heterocycles. The van der Waals surface area contributed by atoms with Gasteiger partial charge in [0.25, 0.3) is 22.2 Å². The highest BCUT2D eigenvalue weighted by molar-refractivity contribution is 6.47. The summed E-state index contributed by atoms with van der Waals surface area (Å²) in [6.45, 7) is 2.41. The third kappa shape index (κ3) is 4.67. The predicted molar refractivity (Wildman–Crippen MR) is 216 cm³/mol. The van der Waals surface area contributed by atoms with Gasteiger partial charge in [-0.25, -0.2) is 0 Å². The van der Waals surface area contributed by atoms with Crippen LogP contribution in [0.5, 0.6) is 0 Å². The van der Waals surface area contributed by atoms with Crippen molar-refractivity contribution in [3.63, 3.8) is 0 Å². The van der Waals surface area contributed by atoms with Crippen LogP contribution < -0.4 is 22.2 Å². The number of nitrogens with zero attached hydrogens (tertiary/aromatic N) is 4. The zero-order valence-electron chi connectivity index (χ0n) is 30.6. The van der Waals surface area contributed by atoms with Gasteiger partial charge in [-0.1, -0.05) is 48.5 Å². The van der Waals surface area contributed by atoms with Gasteiger partial charge >= 0.3 is 0 Å². The predicted octanol–water partition coefficient (Wildman–Crippen LogP) is 6.46. The zero-order chi connectivity index (χ0) is 36.4. The first-order valence-electron chi connectivity index (χ1n) is 18.1. The minimum Gasteiger partial charge on any atom is -0.331 e. The summed E-state index contributed by atoms with van der Waals surface area (Å²) in [6, 6.07) is 24.4. The molecule has 2 heterocycles. The van der Waals surface area contributed by atoms with Crippen LogP contribution in [0.1, 0.15) is 12.8 Å². The Morgan fingerprint density at radius 2 is 0.635 bits per heavy atom. The molecule has 0 amide bonds. The Morgan fingerprint density at radius 3 is 0.865 bits per heavy atom. The Morgan fingerprint density at radius 1 is 0.385 bits per heavy atom. The lowest BCUT2D eigenvalue weighted by Gasteiger charge is -2.23. The van der Waals surface area contributed by atoms with Crippen LogP contribution in [0.25, 0.3) is 86.2 Å². The molecule has 260 valence electrons. The topological polar surface area (TPSA) is 78.1 Å². The molecule has 0 aliphatic heterocycles. The van der Waals surface area contributed by atoms with Crippen LogP contribution in [0.4, 0.5) is 0 Å². The number of aromatic nitrogens is 2. The van der Waals surface area contributed by atoms with Gasteiger partial charge in [-0.05, 0) is 88.9 Å². The molecule has 0 N–H and O–H groups in total. The maximum absolute atomic E-state index is 14.0. The summed E-state index contributed by atoms with van der Waals surface area (Å²) in [5.74, 6) is 0. The summed E-state index contributed by atoms with van der Waals surface area (Å²) in [4.78, 5) is 55.9. The van der Waals surface area contributed by atoms with E-state index in [2.05, 4.69) is 66.6 Å². The maximum Gasteiger partial charge on any atom is 0.261 e. The van der Waals surface area contributed by atoms with E-state index in [4.69, 9.17) is 0 Å². The normalized spacial score (nSPS) is 13.2. The molecule has 4 bridgehead atoms. The fraction of sp³-hybridized carbons (Fsp3) is 0.273. The smallest absolute Gasteiger partial charge is 0.261 e. The van der Waals surface area contributed by atoms with Gasteiger partial charge in [0.15, 0.2) is 0 Å². The van der Waals surface area contributed by atoms with E-state index in [0.717, 1.165) is 86.7 Å². The van der Waals surface area contributed by atoms with E-state index in [1.165, 1.54) is 9.13 Å². The van der Waals surface area contributed by atoms with Crippen molar-refractivity contribution in [1.29, 1.82) is 0 Å². The Hall–Kier alpha value is -5.44. The number of benzene rings is 6. The second-order valence-corrected chi connectivity index (χ2v) is 16.7. The molecule has 8 heteroatoms. The third-order valence-electron chi connectivity index (χ3n) is 11.1. The van der Waals surface area contributed by atoms with Crippen molar-refractivity contribution in [3.8, 4) is 0 Å². The molecule has 0 spiro atoms. The Labute approximate surface area is 299 Å². The van der Waals surface area contributed by atoms with Gasteiger partial charge < -0.3 is 8.97 Å². The van der Waals surface area contributed by atoms with E-state index in [9.17, 15) is 19.2 Å². The summed E-state index contributed by atoms with van der Waals surface area (Å²) >= 11 is 0. The molecule has 0 radical (unpaired) electrons. The highest BCUT2D eigenvalue weighted by Crippen LogP contribution is 2.49. The van der Waals surface area contributed by atoms with Crippen LogP contribution in [0.3, 0.4) is 0 Å². The van der Waals surface area contributed by atoms with Gasteiger partial charge in [0.05, 0.1) is 76.9 Å². The van der Waals surface area contributed by atoms with Crippen LogP contribution in [0.2, 0.25) is 0 Å². The minimum atomic E-state index is -0.253. The van der Waals surface area contributed by atoms with Crippen molar-refractivity contribution in [2.75, 3.05) is 55.4 Å². The number of rotatable bonds is 8. The van der Waals surface area contributed by atoms with Gasteiger partial charge in [0, 0.05) is 25.9 Å². The first-order chi connectivity index (χ1) is 24.7. The van der Waals surface area contributed by atoms with E-state index >= 15 is 0 Å². The molecule has 10 aromatic carbocycles. The summed E-state index contributed by atoms with van der Waals surface area (Å²) in [6.07, 6.45) is 1.43. The molecular weight excluding hydrogens is 649 g/mol. The molecule has 0 atom stereocenters. The lowest BCUT2D eigenvalue weighted by Crippen LogP contribution is -2.37. The van der Waals surface area contributed by atoms with Gasteiger partial charge in [-0.3, -0.25) is 28.3 Å². The molecule has 0 aliphatic carbocycles. The van der Waals surface area contributed by atoms with Crippen LogP contribution >= 0.6 is 0 Å². The van der Waals surface area contributed by atoms with Gasteiger partial charge in [0.2, 0.25) is 0 Å². The fourth-order valence-electron chi connectivity index (χ4n) is 8.81. The summed E-state index contributed by atoms with van der Waals surface area (Å²) in [7, 11) is 12.6.